The number of rotatable bonds is 7. The third kappa shape index (κ3) is 5.44. The van der Waals surface area contributed by atoms with Crippen molar-refractivity contribution < 1.29 is 18.7 Å². The molecule has 3 aromatic carbocycles. The Labute approximate surface area is 187 Å². The largest absolute Gasteiger partial charge is 0.481 e. The van der Waals surface area contributed by atoms with Crippen LogP contribution < -0.4 is 15.6 Å². The second-order valence-electron chi connectivity index (χ2n) is 6.77. The summed E-state index contributed by atoms with van der Waals surface area (Å²) in [5.41, 5.74) is 7.87. The number of carbonyl (C=O) groups is 2. The highest BCUT2D eigenvalue weighted by Crippen LogP contribution is 2.23. The molecule has 3 N–H and O–H groups in total. The van der Waals surface area contributed by atoms with Crippen LogP contribution in [0.4, 0.5) is 4.39 Å². The third-order valence-electron chi connectivity index (χ3n) is 4.47. The van der Waals surface area contributed by atoms with Gasteiger partial charge in [-0.25, -0.2) is 9.37 Å². The van der Waals surface area contributed by atoms with Gasteiger partial charge in [0.05, 0.1) is 11.0 Å². The Morgan fingerprint density at radius 2 is 1.72 bits per heavy atom. The average Bonchev–Trinajstić information content (AvgIpc) is 3.24. The highest BCUT2D eigenvalue weighted by atomic mass is 32.2. The fourth-order valence-corrected chi connectivity index (χ4v) is 3.68. The summed E-state index contributed by atoms with van der Waals surface area (Å²) in [6.07, 6.45) is 0. The molecule has 9 heteroatoms. The van der Waals surface area contributed by atoms with Gasteiger partial charge in [-0.1, -0.05) is 48.2 Å². The molecule has 0 spiro atoms. The van der Waals surface area contributed by atoms with Crippen LogP contribution in [0.15, 0.2) is 78.0 Å². The van der Waals surface area contributed by atoms with Gasteiger partial charge in [0.2, 0.25) is 0 Å². The number of benzene rings is 3. The SMILES string of the molecule is O=C(COc1ccccc1F)NNC(=O)c1ccc(CSc2nc3ccccc3[nH]2)cc1. The van der Waals surface area contributed by atoms with Crippen molar-refractivity contribution in [3.8, 4) is 5.75 Å². The highest BCUT2D eigenvalue weighted by molar-refractivity contribution is 7.98. The van der Waals surface area contributed by atoms with Crippen LogP contribution in [0.1, 0.15) is 15.9 Å². The number of aromatic amines is 1. The molecular weight excluding hydrogens is 431 g/mol. The fraction of sp³-hybridized carbons (Fsp3) is 0.0870. The first-order chi connectivity index (χ1) is 15.6. The maximum absolute atomic E-state index is 13.5. The number of hydrazine groups is 1. The van der Waals surface area contributed by atoms with Crippen LogP contribution in [0.25, 0.3) is 11.0 Å². The van der Waals surface area contributed by atoms with Crippen molar-refractivity contribution >= 4 is 34.6 Å². The van der Waals surface area contributed by atoms with E-state index in [2.05, 4.69) is 20.8 Å². The van der Waals surface area contributed by atoms with E-state index in [1.807, 2.05) is 36.4 Å². The second kappa shape index (κ2) is 9.97. The molecule has 1 heterocycles. The number of aromatic nitrogens is 2. The first kappa shape index (κ1) is 21.4. The van der Waals surface area contributed by atoms with Gasteiger partial charge in [0.15, 0.2) is 23.3 Å². The minimum Gasteiger partial charge on any atom is -0.481 e. The van der Waals surface area contributed by atoms with E-state index in [0.29, 0.717) is 11.3 Å². The molecule has 0 aliphatic heterocycles. The zero-order chi connectivity index (χ0) is 22.3. The van der Waals surface area contributed by atoms with Crippen LogP contribution in [0.3, 0.4) is 0 Å². The Kier molecular flexibility index (Phi) is 6.66. The number of carbonyl (C=O) groups excluding carboxylic acids is 2. The standard InChI is InChI=1S/C23H19FN4O3S/c24-17-5-1-4-8-20(17)31-13-21(29)27-28-22(30)16-11-9-15(10-12-16)14-32-23-25-18-6-2-3-7-19(18)26-23/h1-12H,13-14H2,(H,25,26)(H,27,29)(H,28,30). The lowest BCUT2D eigenvalue weighted by Crippen LogP contribution is -2.43. The van der Waals surface area contributed by atoms with Crippen molar-refractivity contribution in [3.63, 3.8) is 0 Å². The van der Waals surface area contributed by atoms with E-state index in [4.69, 9.17) is 4.74 Å². The molecule has 4 rings (SSSR count). The number of para-hydroxylation sites is 3. The number of nitrogens with one attached hydrogen (secondary N) is 3. The zero-order valence-corrected chi connectivity index (χ0v) is 17.6. The molecule has 4 aromatic rings. The summed E-state index contributed by atoms with van der Waals surface area (Å²) < 4.78 is 18.6. The maximum atomic E-state index is 13.5. The number of thioether (sulfide) groups is 1. The van der Waals surface area contributed by atoms with Crippen LogP contribution in [-0.4, -0.2) is 28.4 Å². The first-order valence-electron chi connectivity index (χ1n) is 9.71. The Hall–Kier alpha value is -3.85. The molecule has 0 unspecified atom stereocenters. The molecule has 0 radical (unpaired) electrons. The highest BCUT2D eigenvalue weighted by Gasteiger charge is 2.10. The van der Waals surface area contributed by atoms with Crippen LogP contribution in [0, 0.1) is 5.82 Å². The Bertz CT molecular complexity index is 1210. The van der Waals surface area contributed by atoms with Crippen molar-refractivity contribution in [3.05, 3.63) is 89.7 Å². The molecule has 162 valence electrons. The monoisotopic (exact) mass is 450 g/mol. The molecular formula is C23H19FN4O3S. The molecule has 0 aliphatic rings. The molecule has 7 nitrogen and oxygen atoms in total. The molecule has 0 bridgehead atoms. The van der Waals surface area contributed by atoms with Crippen molar-refractivity contribution in [1.29, 1.82) is 0 Å². The van der Waals surface area contributed by atoms with E-state index in [1.165, 1.54) is 18.2 Å². The second-order valence-corrected chi connectivity index (χ2v) is 7.73. The van der Waals surface area contributed by atoms with E-state index < -0.39 is 24.2 Å². The predicted octanol–water partition coefficient (Wildman–Crippen LogP) is 3.83. The van der Waals surface area contributed by atoms with E-state index in [-0.39, 0.29) is 5.75 Å². The molecule has 0 fully saturated rings. The Morgan fingerprint density at radius 3 is 2.50 bits per heavy atom. The van der Waals surface area contributed by atoms with Crippen LogP contribution in [0.2, 0.25) is 0 Å². The summed E-state index contributed by atoms with van der Waals surface area (Å²) in [6.45, 7) is -0.431. The molecule has 0 atom stereocenters. The van der Waals surface area contributed by atoms with E-state index in [9.17, 15) is 14.0 Å². The van der Waals surface area contributed by atoms with Crippen molar-refractivity contribution in [1.82, 2.24) is 20.8 Å². The topological polar surface area (TPSA) is 96.1 Å². The lowest BCUT2D eigenvalue weighted by Gasteiger charge is -2.09. The molecule has 0 aliphatic carbocycles. The smallest absolute Gasteiger partial charge is 0.276 e. The number of ether oxygens (including phenoxy) is 1. The quantitative estimate of drug-likeness (QED) is 0.294. The van der Waals surface area contributed by atoms with E-state index in [0.717, 1.165) is 21.8 Å². The summed E-state index contributed by atoms with van der Waals surface area (Å²) in [7, 11) is 0. The molecule has 0 saturated heterocycles. The Morgan fingerprint density at radius 1 is 0.969 bits per heavy atom. The van der Waals surface area contributed by atoms with Gasteiger partial charge < -0.3 is 9.72 Å². The first-order valence-corrected chi connectivity index (χ1v) is 10.7. The summed E-state index contributed by atoms with van der Waals surface area (Å²) in [5.74, 6) is -1.000. The molecule has 32 heavy (non-hydrogen) atoms. The number of fused-ring (bicyclic) bond motifs is 1. The number of hydrogen-bond acceptors (Lipinski definition) is 5. The summed E-state index contributed by atoms with van der Waals surface area (Å²) in [5, 5.41) is 0.827. The minimum absolute atomic E-state index is 0.0370. The van der Waals surface area contributed by atoms with Gasteiger partial charge in [-0.3, -0.25) is 20.4 Å². The van der Waals surface area contributed by atoms with Gasteiger partial charge in [0.1, 0.15) is 0 Å². The lowest BCUT2D eigenvalue weighted by molar-refractivity contribution is -0.123. The molecule has 0 saturated carbocycles. The van der Waals surface area contributed by atoms with E-state index in [1.54, 1.807) is 30.0 Å². The van der Waals surface area contributed by atoms with Crippen LogP contribution >= 0.6 is 11.8 Å². The number of imidazole rings is 1. The number of H-pyrrole nitrogens is 1. The average molecular weight is 450 g/mol. The number of hydrogen-bond donors (Lipinski definition) is 3. The maximum Gasteiger partial charge on any atom is 0.276 e. The number of amides is 2. The van der Waals surface area contributed by atoms with E-state index >= 15 is 0 Å². The summed E-state index contributed by atoms with van der Waals surface area (Å²) >= 11 is 1.57. The van der Waals surface area contributed by atoms with Crippen molar-refractivity contribution in [2.75, 3.05) is 6.61 Å². The van der Waals surface area contributed by atoms with Crippen LogP contribution in [-0.2, 0) is 10.5 Å². The third-order valence-corrected chi connectivity index (χ3v) is 5.41. The molecule has 1 aromatic heterocycles. The molecule has 2 amide bonds. The Balaban J connectivity index is 1.23. The summed E-state index contributed by atoms with van der Waals surface area (Å²) in [4.78, 5) is 31.8. The van der Waals surface area contributed by atoms with Gasteiger partial charge in [-0.2, -0.15) is 0 Å². The minimum atomic E-state index is -0.611. The van der Waals surface area contributed by atoms with Gasteiger partial charge in [-0.05, 0) is 42.0 Å². The normalized spacial score (nSPS) is 10.7. The van der Waals surface area contributed by atoms with Gasteiger partial charge >= 0.3 is 0 Å². The number of nitrogens with zero attached hydrogens (tertiary/aromatic N) is 1. The summed E-state index contributed by atoms with van der Waals surface area (Å²) in [6, 6.07) is 20.6. The number of halogens is 1. The predicted molar refractivity (Wildman–Crippen MR) is 120 cm³/mol. The van der Waals surface area contributed by atoms with Gasteiger partial charge in [0, 0.05) is 11.3 Å². The van der Waals surface area contributed by atoms with Gasteiger partial charge in [-0.15, -0.1) is 0 Å². The fourth-order valence-electron chi connectivity index (χ4n) is 2.84. The van der Waals surface area contributed by atoms with Crippen molar-refractivity contribution in [2.45, 2.75) is 10.9 Å². The lowest BCUT2D eigenvalue weighted by atomic mass is 10.1. The van der Waals surface area contributed by atoms with Gasteiger partial charge in [0.25, 0.3) is 11.8 Å². The zero-order valence-electron chi connectivity index (χ0n) is 16.8. The van der Waals surface area contributed by atoms with Crippen molar-refractivity contribution in [2.24, 2.45) is 0 Å². The van der Waals surface area contributed by atoms with Crippen LogP contribution in [0.5, 0.6) is 5.75 Å².